The molecule has 2 aromatic heterocycles. The molecule has 0 aliphatic heterocycles. The van der Waals surface area contributed by atoms with Gasteiger partial charge in [-0.05, 0) is 67.1 Å². The molecule has 1 atom stereocenters. The number of hydrogen-bond acceptors (Lipinski definition) is 7. The lowest BCUT2D eigenvalue weighted by Gasteiger charge is -2.19. The molecular weight excluding hydrogens is 557 g/mol. The summed E-state index contributed by atoms with van der Waals surface area (Å²) >= 11 is 12.5. The summed E-state index contributed by atoms with van der Waals surface area (Å²) in [5.41, 5.74) is 1.88. The lowest BCUT2D eigenvalue weighted by atomic mass is 10.2. The average molecular weight is 589 g/mol. The van der Waals surface area contributed by atoms with Crippen LogP contribution in [-0.4, -0.2) is 45.4 Å². The molecule has 0 aliphatic rings. The Hall–Kier alpha value is -3.40. The second-order valence-corrected chi connectivity index (χ2v) is 12.5. The van der Waals surface area contributed by atoms with Crippen LogP contribution in [0, 0.1) is 6.92 Å². The van der Waals surface area contributed by atoms with E-state index in [0.717, 1.165) is 18.1 Å². The second kappa shape index (κ2) is 13.1. The number of furan rings is 1. The highest BCUT2D eigenvalue weighted by Gasteiger charge is 2.18. The maximum atomic E-state index is 11.8. The molecule has 206 valence electrons. The number of nitrogens with zero attached hydrogens (tertiary/aromatic N) is 2. The van der Waals surface area contributed by atoms with E-state index < -0.39 is 5.97 Å². The van der Waals surface area contributed by atoms with Gasteiger partial charge in [0.25, 0.3) is 0 Å². The van der Waals surface area contributed by atoms with Gasteiger partial charge in [0, 0.05) is 17.1 Å². The molecular formula is C28H31Cl2N5O3S. The molecule has 0 spiro atoms. The van der Waals surface area contributed by atoms with Crippen molar-refractivity contribution >= 4 is 63.1 Å². The Morgan fingerprint density at radius 3 is 2.59 bits per heavy atom. The van der Waals surface area contributed by atoms with E-state index in [9.17, 15) is 9.90 Å². The molecule has 39 heavy (non-hydrogen) atoms. The molecule has 4 rings (SSSR count). The Morgan fingerprint density at radius 2 is 1.82 bits per heavy atom. The summed E-state index contributed by atoms with van der Waals surface area (Å²) in [6.07, 6.45) is 2.28. The maximum Gasteiger partial charge on any atom is 0.337 e. The summed E-state index contributed by atoms with van der Waals surface area (Å²) in [6, 6.07) is 15.6. The molecule has 0 saturated heterocycles. The quantitative estimate of drug-likeness (QED) is 0.108. The second-order valence-electron chi connectivity index (χ2n) is 8.89. The van der Waals surface area contributed by atoms with E-state index in [0.29, 0.717) is 62.5 Å². The average Bonchev–Trinajstić information content (AvgIpc) is 3.38. The Labute approximate surface area is 240 Å². The molecule has 0 amide bonds. The number of rotatable bonds is 12. The Balaban J connectivity index is 1.64. The summed E-state index contributed by atoms with van der Waals surface area (Å²) < 4.78 is 6.06. The van der Waals surface area contributed by atoms with Gasteiger partial charge in [-0.1, -0.05) is 42.3 Å². The Kier molecular flexibility index (Phi) is 9.61. The first-order valence-corrected chi connectivity index (χ1v) is 15.3. The lowest BCUT2D eigenvalue weighted by Crippen LogP contribution is -2.15. The molecule has 0 radical (unpaired) electrons. The van der Waals surface area contributed by atoms with Gasteiger partial charge in [-0.25, -0.2) is 14.8 Å². The standard InChI is InChI=1S/C28H31Cl2N5O3S/c1-4-39(3)14-13-31-26-25(27(34-17(2)33-26)35-23-8-6-5-7-20(23)28(36)37)32-16-19-10-12-24(38-19)21-15-18(29)9-11-22(21)30/h5-12,15,32,39H,4,13-14,16H2,1-3H3,(H,36,37)(H2,31,33,34,35). The number of aromatic carboxylic acids is 1. The third-order valence-corrected chi connectivity index (χ3v) is 8.68. The van der Waals surface area contributed by atoms with Gasteiger partial charge in [0.05, 0.1) is 22.8 Å². The number of thiol groups is 1. The predicted molar refractivity (Wildman–Crippen MR) is 164 cm³/mol. The lowest BCUT2D eigenvalue weighted by molar-refractivity contribution is 0.0698. The van der Waals surface area contributed by atoms with E-state index in [1.165, 1.54) is 0 Å². The van der Waals surface area contributed by atoms with E-state index in [-0.39, 0.29) is 16.5 Å². The van der Waals surface area contributed by atoms with Crippen molar-refractivity contribution in [2.75, 3.05) is 40.3 Å². The van der Waals surface area contributed by atoms with Crippen LogP contribution in [0.2, 0.25) is 10.0 Å². The van der Waals surface area contributed by atoms with Gasteiger partial charge in [-0.3, -0.25) is 10.9 Å². The Morgan fingerprint density at radius 1 is 1.05 bits per heavy atom. The zero-order valence-corrected chi connectivity index (χ0v) is 24.3. The van der Waals surface area contributed by atoms with E-state index in [4.69, 9.17) is 27.6 Å². The summed E-state index contributed by atoms with van der Waals surface area (Å²) in [7, 11) is -0.0620. The third-order valence-electron chi connectivity index (χ3n) is 6.05. The van der Waals surface area contributed by atoms with Gasteiger partial charge in [0.15, 0.2) is 11.6 Å². The third kappa shape index (κ3) is 7.38. The van der Waals surface area contributed by atoms with E-state index >= 15 is 0 Å². The van der Waals surface area contributed by atoms with E-state index in [1.54, 1.807) is 49.4 Å². The van der Waals surface area contributed by atoms with Crippen LogP contribution < -0.4 is 16.0 Å². The predicted octanol–water partition coefficient (Wildman–Crippen LogP) is 7.47. The highest BCUT2D eigenvalue weighted by atomic mass is 35.5. The number of anilines is 4. The van der Waals surface area contributed by atoms with Crippen molar-refractivity contribution in [3.63, 3.8) is 0 Å². The van der Waals surface area contributed by atoms with Crippen molar-refractivity contribution in [1.29, 1.82) is 0 Å². The van der Waals surface area contributed by atoms with Crippen LogP contribution >= 0.6 is 34.1 Å². The number of hydrogen-bond donors (Lipinski definition) is 5. The van der Waals surface area contributed by atoms with Crippen molar-refractivity contribution in [2.24, 2.45) is 0 Å². The summed E-state index contributed by atoms with van der Waals surface area (Å²) in [5, 5.41) is 20.8. The van der Waals surface area contributed by atoms with E-state index in [1.807, 2.05) is 12.1 Å². The van der Waals surface area contributed by atoms with Crippen molar-refractivity contribution in [3.05, 3.63) is 81.8 Å². The van der Waals surface area contributed by atoms with Crippen molar-refractivity contribution in [1.82, 2.24) is 9.97 Å². The molecule has 0 bridgehead atoms. The van der Waals surface area contributed by atoms with Crippen molar-refractivity contribution in [3.8, 4) is 11.3 Å². The molecule has 0 fully saturated rings. The number of carbonyl (C=O) groups is 1. The minimum absolute atomic E-state index is 0.0620. The highest BCUT2D eigenvalue weighted by molar-refractivity contribution is 8.16. The minimum Gasteiger partial charge on any atom is -0.478 e. The molecule has 0 saturated carbocycles. The maximum absolute atomic E-state index is 11.8. The zero-order chi connectivity index (χ0) is 27.9. The van der Waals surface area contributed by atoms with Gasteiger partial charge < -0.3 is 25.5 Å². The smallest absolute Gasteiger partial charge is 0.337 e. The topological polar surface area (TPSA) is 112 Å². The fourth-order valence-electron chi connectivity index (χ4n) is 3.87. The SMILES string of the molecule is CC[SH](C)CCNc1nc(C)nc(Nc2ccccc2C(=O)O)c1NCc1ccc(-c2cc(Cl)ccc2Cl)o1. The highest BCUT2D eigenvalue weighted by Crippen LogP contribution is 2.34. The molecule has 8 nitrogen and oxygen atoms in total. The number of halogens is 2. The fraction of sp³-hybridized carbons (Fsp3) is 0.250. The molecule has 0 aliphatic carbocycles. The first-order chi connectivity index (χ1) is 18.7. The fourth-order valence-corrected chi connectivity index (χ4v) is 5.06. The summed E-state index contributed by atoms with van der Waals surface area (Å²) in [4.78, 5) is 21.1. The number of nitrogens with one attached hydrogen (secondary N) is 3. The van der Waals surface area contributed by atoms with Gasteiger partial charge in [-0.15, -0.1) is 0 Å². The summed E-state index contributed by atoms with van der Waals surface area (Å²) in [6.45, 7) is 5.08. The number of aromatic nitrogens is 2. The van der Waals surface area contributed by atoms with Crippen LogP contribution in [0.3, 0.4) is 0 Å². The van der Waals surface area contributed by atoms with Crippen LogP contribution in [0.1, 0.15) is 28.9 Å². The number of aryl methyl sites for hydroxylation is 1. The molecule has 4 aromatic rings. The van der Waals surface area contributed by atoms with Crippen LogP contribution in [0.4, 0.5) is 23.0 Å². The molecule has 11 heteroatoms. The van der Waals surface area contributed by atoms with Crippen LogP contribution in [0.5, 0.6) is 0 Å². The molecule has 2 aromatic carbocycles. The minimum atomic E-state index is -1.03. The van der Waals surface area contributed by atoms with E-state index in [2.05, 4.69) is 39.1 Å². The Bertz CT molecular complexity index is 1460. The number of para-hydroxylation sites is 1. The van der Waals surface area contributed by atoms with Crippen molar-refractivity contribution < 1.29 is 14.3 Å². The monoisotopic (exact) mass is 587 g/mol. The largest absolute Gasteiger partial charge is 0.478 e. The first-order valence-electron chi connectivity index (χ1n) is 12.4. The normalized spacial score (nSPS) is 12.2. The molecule has 4 N–H and O–H groups in total. The van der Waals surface area contributed by atoms with Gasteiger partial charge in [0.2, 0.25) is 0 Å². The van der Waals surface area contributed by atoms with Crippen LogP contribution in [-0.2, 0) is 6.54 Å². The van der Waals surface area contributed by atoms with Crippen molar-refractivity contribution in [2.45, 2.75) is 20.4 Å². The van der Waals surface area contributed by atoms with Gasteiger partial charge in [-0.2, -0.15) is 0 Å². The number of benzene rings is 2. The molecule has 2 heterocycles. The van der Waals surface area contributed by atoms with Gasteiger partial charge >= 0.3 is 5.97 Å². The van der Waals surface area contributed by atoms with Gasteiger partial charge in [0.1, 0.15) is 23.0 Å². The molecule has 1 unspecified atom stereocenters. The number of carboxylic acids is 1. The number of carboxylic acid groups (broad SMARTS) is 1. The zero-order valence-electron chi connectivity index (χ0n) is 21.9. The summed E-state index contributed by atoms with van der Waals surface area (Å²) in [5.74, 6) is 4.05. The van der Waals surface area contributed by atoms with Crippen LogP contribution in [0.15, 0.2) is 59.0 Å². The van der Waals surface area contributed by atoms with Crippen LogP contribution in [0.25, 0.3) is 11.3 Å². The first kappa shape index (κ1) is 28.6.